The molecule has 4 heteroatoms. The van der Waals surface area contributed by atoms with Gasteiger partial charge in [-0.1, -0.05) is 18.2 Å². The highest BCUT2D eigenvalue weighted by molar-refractivity contribution is 5.88. The Kier molecular flexibility index (Phi) is 3.74. The van der Waals surface area contributed by atoms with Gasteiger partial charge in [0, 0.05) is 18.2 Å². The molecule has 0 fully saturated rings. The summed E-state index contributed by atoms with van der Waals surface area (Å²) in [4.78, 5) is 11.0. The second-order valence-corrected chi connectivity index (χ2v) is 5.11. The number of aromatic nitrogens is 1. The number of hydrogen-bond acceptors (Lipinski definition) is 2. The fourth-order valence-electron chi connectivity index (χ4n) is 2.37. The second kappa shape index (κ2) is 5.85. The van der Waals surface area contributed by atoms with Crippen molar-refractivity contribution in [1.29, 1.82) is 0 Å². The Hall–Kier alpha value is -2.88. The van der Waals surface area contributed by atoms with Gasteiger partial charge in [0.25, 0.3) is 5.69 Å². The summed E-state index contributed by atoms with van der Waals surface area (Å²) < 4.78 is 7.56. The molecule has 0 spiro atoms. The Morgan fingerprint density at radius 1 is 1.00 bits per heavy atom. The Morgan fingerprint density at radius 3 is 2.32 bits per heavy atom. The van der Waals surface area contributed by atoms with Crippen LogP contribution in [-0.4, -0.2) is 5.91 Å². The van der Waals surface area contributed by atoms with Crippen LogP contribution in [0.15, 0.2) is 65.2 Å². The molecule has 0 aliphatic carbocycles. The summed E-state index contributed by atoms with van der Waals surface area (Å²) >= 11 is 0. The average molecular weight is 293 g/mol. The molecule has 0 unspecified atom stereocenters. The van der Waals surface area contributed by atoms with Crippen molar-refractivity contribution in [3.05, 3.63) is 60.7 Å². The van der Waals surface area contributed by atoms with Crippen LogP contribution < -0.4 is 10.1 Å². The van der Waals surface area contributed by atoms with Gasteiger partial charge in [0.1, 0.15) is 0 Å². The first-order valence-corrected chi connectivity index (χ1v) is 7.07. The molecule has 3 aromatic rings. The summed E-state index contributed by atoms with van der Waals surface area (Å²) in [5.41, 5.74) is 3.86. The lowest BCUT2D eigenvalue weighted by atomic mass is 10.1. The number of benzene rings is 2. The number of carbonyl (C=O) groups is 1. The Morgan fingerprint density at radius 2 is 1.68 bits per heavy atom. The second-order valence-electron chi connectivity index (χ2n) is 5.11. The highest BCUT2D eigenvalue weighted by atomic mass is 16.5. The van der Waals surface area contributed by atoms with Gasteiger partial charge in [0.05, 0.1) is 11.6 Å². The first-order chi connectivity index (χ1) is 10.6. The predicted molar refractivity (Wildman–Crippen MR) is 85.1 cm³/mol. The molecule has 0 bridgehead atoms. The molecule has 2 aromatic carbocycles. The first-order valence-electron chi connectivity index (χ1n) is 7.07. The number of nitrogens with one attached hydrogen (secondary N) is 1. The molecule has 0 saturated heterocycles. The molecule has 1 N–H and O–H groups in total. The number of hydrogen-bond donors (Lipinski definition) is 1. The smallest absolute Gasteiger partial charge is 0.262 e. The number of amides is 1. The number of rotatable bonds is 3. The van der Waals surface area contributed by atoms with Gasteiger partial charge >= 0.3 is 0 Å². The molecule has 22 heavy (non-hydrogen) atoms. The fourth-order valence-corrected chi connectivity index (χ4v) is 2.37. The van der Waals surface area contributed by atoms with Crippen LogP contribution in [0.25, 0.3) is 22.6 Å². The van der Waals surface area contributed by atoms with E-state index in [-0.39, 0.29) is 5.91 Å². The van der Waals surface area contributed by atoms with Crippen LogP contribution in [0.3, 0.4) is 0 Å². The highest BCUT2D eigenvalue weighted by Gasteiger charge is 2.18. The van der Waals surface area contributed by atoms with E-state index >= 15 is 0 Å². The summed E-state index contributed by atoms with van der Waals surface area (Å²) in [6.45, 7) is 1.49. The zero-order valence-electron chi connectivity index (χ0n) is 12.5. The maximum atomic E-state index is 11.0. The van der Waals surface area contributed by atoms with Gasteiger partial charge < -0.3 is 5.32 Å². The zero-order valence-corrected chi connectivity index (χ0v) is 12.5. The average Bonchev–Trinajstić information content (AvgIpc) is 2.90. The van der Waals surface area contributed by atoms with E-state index in [1.807, 2.05) is 55.6 Å². The molecule has 0 aliphatic rings. The monoisotopic (exact) mass is 293 g/mol. The van der Waals surface area contributed by atoms with Crippen LogP contribution >= 0.6 is 0 Å². The number of aryl methyl sites for hydroxylation is 1. The molecule has 0 aliphatic heterocycles. The topological polar surface area (TPSA) is 46.1 Å². The molecular formula is C18H17N2O2+. The van der Waals surface area contributed by atoms with Gasteiger partial charge in [-0.25, -0.2) is 4.52 Å². The maximum Gasteiger partial charge on any atom is 0.262 e. The first kappa shape index (κ1) is 14.1. The third-order valence-corrected chi connectivity index (χ3v) is 3.40. The summed E-state index contributed by atoms with van der Waals surface area (Å²) in [6.07, 6.45) is 0. The van der Waals surface area contributed by atoms with E-state index in [0.717, 1.165) is 28.3 Å². The third kappa shape index (κ3) is 2.91. The number of carbonyl (C=O) groups excluding carboxylic acids is 1. The summed E-state index contributed by atoms with van der Waals surface area (Å²) in [5.74, 6) is 0.708. The number of anilines is 1. The van der Waals surface area contributed by atoms with Crippen LogP contribution in [-0.2, 0) is 11.8 Å². The van der Waals surface area contributed by atoms with Gasteiger partial charge in [0.15, 0.2) is 7.05 Å². The van der Waals surface area contributed by atoms with Crippen molar-refractivity contribution in [2.24, 2.45) is 7.05 Å². The molecule has 1 amide bonds. The van der Waals surface area contributed by atoms with Crippen LogP contribution in [0.5, 0.6) is 0 Å². The third-order valence-electron chi connectivity index (χ3n) is 3.40. The zero-order chi connectivity index (χ0) is 15.5. The van der Waals surface area contributed by atoms with E-state index < -0.39 is 0 Å². The van der Waals surface area contributed by atoms with Crippen molar-refractivity contribution in [1.82, 2.24) is 0 Å². The Bertz CT molecular complexity index is 790. The quantitative estimate of drug-likeness (QED) is 0.752. The number of nitrogens with zero attached hydrogens (tertiary/aromatic N) is 1. The minimum absolute atomic E-state index is 0.0801. The van der Waals surface area contributed by atoms with Crippen molar-refractivity contribution < 1.29 is 14.1 Å². The van der Waals surface area contributed by atoms with Crippen LogP contribution in [0.2, 0.25) is 0 Å². The SMILES string of the molecule is CC(=O)Nc1ccc(-c2cc(-c3ccccc3)[n+](C)o2)cc1. The molecule has 1 aromatic heterocycles. The Balaban J connectivity index is 1.91. The molecule has 0 saturated carbocycles. The standard InChI is InChI=1S/C18H16N2O2/c1-13(21)19-16-10-8-15(9-11-16)18-12-17(20(2)22-18)14-6-4-3-5-7-14/h3-12H,1-2H3/p+1. The lowest BCUT2D eigenvalue weighted by molar-refractivity contribution is -0.834. The van der Waals surface area contributed by atoms with E-state index in [4.69, 9.17) is 4.52 Å². The van der Waals surface area contributed by atoms with Crippen molar-refractivity contribution in [3.8, 4) is 22.6 Å². The lowest BCUT2D eigenvalue weighted by Gasteiger charge is -2.01. The summed E-state index contributed by atoms with van der Waals surface area (Å²) in [5, 5.41) is 2.75. The minimum Gasteiger partial charge on any atom is -0.326 e. The van der Waals surface area contributed by atoms with Crippen molar-refractivity contribution in [2.45, 2.75) is 6.92 Å². The van der Waals surface area contributed by atoms with E-state index in [9.17, 15) is 4.79 Å². The molecule has 3 rings (SSSR count). The van der Waals surface area contributed by atoms with Crippen molar-refractivity contribution in [3.63, 3.8) is 0 Å². The van der Waals surface area contributed by atoms with Gasteiger partial charge in [0.2, 0.25) is 11.7 Å². The largest absolute Gasteiger partial charge is 0.326 e. The summed E-state index contributed by atoms with van der Waals surface area (Å²) in [6, 6.07) is 19.7. The minimum atomic E-state index is -0.0801. The van der Waals surface area contributed by atoms with Crippen LogP contribution in [0, 0.1) is 0 Å². The molecule has 4 nitrogen and oxygen atoms in total. The Labute approximate surface area is 129 Å². The van der Waals surface area contributed by atoms with Crippen LogP contribution in [0.4, 0.5) is 5.69 Å². The van der Waals surface area contributed by atoms with Gasteiger partial charge in [-0.05, 0) is 41.1 Å². The highest BCUT2D eigenvalue weighted by Crippen LogP contribution is 2.25. The van der Waals surface area contributed by atoms with Crippen molar-refractivity contribution >= 4 is 11.6 Å². The summed E-state index contributed by atoms with van der Waals surface area (Å²) in [7, 11) is 1.89. The van der Waals surface area contributed by atoms with Gasteiger partial charge in [-0.2, -0.15) is 0 Å². The molecule has 0 radical (unpaired) electrons. The van der Waals surface area contributed by atoms with Crippen LogP contribution in [0.1, 0.15) is 6.92 Å². The normalized spacial score (nSPS) is 10.5. The molecular weight excluding hydrogens is 276 g/mol. The maximum absolute atomic E-state index is 11.0. The lowest BCUT2D eigenvalue weighted by Crippen LogP contribution is -2.26. The molecule has 110 valence electrons. The van der Waals surface area contributed by atoms with E-state index in [2.05, 4.69) is 17.4 Å². The predicted octanol–water partition coefficient (Wildman–Crippen LogP) is 3.40. The molecule has 1 heterocycles. The van der Waals surface area contributed by atoms with E-state index in [1.54, 1.807) is 4.74 Å². The van der Waals surface area contributed by atoms with E-state index in [0.29, 0.717) is 0 Å². The molecule has 0 atom stereocenters. The van der Waals surface area contributed by atoms with Gasteiger partial charge in [-0.15, -0.1) is 0 Å². The van der Waals surface area contributed by atoms with E-state index in [1.165, 1.54) is 6.92 Å². The van der Waals surface area contributed by atoms with Crippen molar-refractivity contribution in [2.75, 3.05) is 5.32 Å². The van der Waals surface area contributed by atoms with Gasteiger partial charge in [-0.3, -0.25) is 4.79 Å². The fraction of sp³-hybridized carbons (Fsp3) is 0.111.